The molecular weight excluding hydrogens is 352 g/mol. The minimum atomic E-state index is -0.0646. The van der Waals surface area contributed by atoms with Gasteiger partial charge in [0.05, 0.1) is 29.5 Å². The Morgan fingerprint density at radius 3 is 2.64 bits per heavy atom. The quantitative estimate of drug-likeness (QED) is 0.705. The molecule has 3 aromatic rings. The fraction of sp³-hybridized carbons (Fsp3) is 0.364. The lowest BCUT2D eigenvalue weighted by molar-refractivity contribution is 0.0628. The Balaban J connectivity index is 1.44. The van der Waals surface area contributed by atoms with Crippen LogP contribution in [-0.2, 0) is 12.0 Å². The van der Waals surface area contributed by atoms with Gasteiger partial charge in [-0.1, -0.05) is 18.2 Å². The molecule has 2 aliphatic rings. The number of para-hydroxylation sites is 1. The lowest BCUT2D eigenvalue weighted by Crippen LogP contribution is -2.53. The van der Waals surface area contributed by atoms with Crippen molar-refractivity contribution in [2.24, 2.45) is 0 Å². The van der Waals surface area contributed by atoms with E-state index in [0.717, 1.165) is 56.0 Å². The number of nitrogens with zero attached hydrogens (tertiary/aromatic N) is 4. The summed E-state index contributed by atoms with van der Waals surface area (Å²) in [7, 11) is 1.91. The molecule has 6 nitrogen and oxygen atoms in total. The van der Waals surface area contributed by atoms with Crippen LogP contribution in [-0.4, -0.2) is 52.2 Å². The third kappa shape index (κ3) is 2.85. The maximum absolute atomic E-state index is 12.8. The molecule has 0 saturated carbocycles. The molecule has 1 fully saturated rings. The summed E-state index contributed by atoms with van der Waals surface area (Å²) in [6.45, 7) is 3.63. The molecule has 4 heterocycles. The largest absolute Gasteiger partial charge is 0.472 e. The van der Waals surface area contributed by atoms with Crippen LogP contribution in [0.3, 0.4) is 0 Å². The topological polar surface area (TPSA) is 54.5 Å². The van der Waals surface area contributed by atoms with Crippen molar-refractivity contribution in [2.75, 3.05) is 26.7 Å². The number of hydrogen-bond donors (Lipinski definition) is 0. The highest BCUT2D eigenvalue weighted by molar-refractivity contribution is 5.96. The van der Waals surface area contributed by atoms with Crippen LogP contribution in [0.25, 0.3) is 5.69 Å². The molecule has 1 saturated heterocycles. The molecule has 5 rings (SSSR count). The summed E-state index contributed by atoms with van der Waals surface area (Å²) in [6.07, 6.45) is 7.45. The average molecular weight is 376 g/mol. The van der Waals surface area contributed by atoms with Crippen LogP contribution in [0.1, 0.15) is 34.5 Å². The molecule has 2 aromatic heterocycles. The summed E-state index contributed by atoms with van der Waals surface area (Å²) in [5.41, 5.74) is 3.86. The van der Waals surface area contributed by atoms with Gasteiger partial charge in [0.15, 0.2) is 0 Å². The summed E-state index contributed by atoms with van der Waals surface area (Å²) in [6, 6.07) is 12.0. The van der Waals surface area contributed by atoms with Gasteiger partial charge in [0.25, 0.3) is 5.91 Å². The highest BCUT2D eigenvalue weighted by Crippen LogP contribution is 2.41. The first-order valence-corrected chi connectivity index (χ1v) is 9.79. The predicted molar refractivity (Wildman–Crippen MR) is 105 cm³/mol. The fourth-order valence-electron chi connectivity index (χ4n) is 4.62. The van der Waals surface area contributed by atoms with Gasteiger partial charge in [0, 0.05) is 37.3 Å². The van der Waals surface area contributed by atoms with Crippen molar-refractivity contribution in [1.29, 1.82) is 0 Å². The molecule has 0 unspecified atom stereocenters. The smallest absolute Gasteiger partial charge is 0.257 e. The Hall–Kier alpha value is -2.86. The van der Waals surface area contributed by atoms with E-state index in [-0.39, 0.29) is 11.3 Å². The summed E-state index contributed by atoms with van der Waals surface area (Å²) in [4.78, 5) is 17.1. The molecule has 1 aromatic carbocycles. The van der Waals surface area contributed by atoms with Crippen LogP contribution in [0, 0.1) is 0 Å². The second-order valence-electron chi connectivity index (χ2n) is 8.02. The zero-order valence-corrected chi connectivity index (χ0v) is 16.0. The number of aromatic nitrogens is 2. The number of fused-ring (bicyclic) bond motifs is 2. The minimum absolute atomic E-state index is 0.0646. The van der Waals surface area contributed by atoms with Crippen molar-refractivity contribution in [1.82, 2.24) is 19.6 Å². The molecule has 1 spiro atoms. The fourth-order valence-corrected chi connectivity index (χ4v) is 4.62. The summed E-state index contributed by atoms with van der Waals surface area (Å²) < 4.78 is 7.06. The maximum Gasteiger partial charge on any atom is 0.257 e. The molecule has 0 atom stereocenters. The van der Waals surface area contributed by atoms with Gasteiger partial charge in [-0.3, -0.25) is 9.69 Å². The van der Waals surface area contributed by atoms with Gasteiger partial charge in [0.1, 0.15) is 0 Å². The van der Waals surface area contributed by atoms with Crippen LogP contribution in [0.5, 0.6) is 0 Å². The zero-order chi connectivity index (χ0) is 19.1. The molecule has 1 amide bonds. The number of carbonyl (C=O) groups excluding carboxylic acids is 1. The molecule has 0 radical (unpaired) electrons. The number of furan rings is 1. The monoisotopic (exact) mass is 376 g/mol. The Morgan fingerprint density at radius 1 is 1.14 bits per heavy atom. The summed E-state index contributed by atoms with van der Waals surface area (Å²) >= 11 is 0. The molecule has 2 aliphatic heterocycles. The molecule has 0 aliphatic carbocycles. The van der Waals surface area contributed by atoms with E-state index in [2.05, 4.69) is 4.90 Å². The van der Waals surface area contributed by atoms with Crippen molar-refractivity contribution < 1.29 is 9.21 Å². The van der Waals surface area contributed by atoms with Crippen molar-refractivity contribution in [2.45, 2.75) is 24.8 Å². The Morgan fingerprint density at radius 2 is 1.93 bits per heavy atom. The number of piperidine rings is 1. The zero-order valence-electron chi connectivity index (χ0n) is 16.0. The summed E-state index contributed by atoms with van der Waals surface area (Å²) in [5, 5.41) is 4.92. The second kappa shape index (κ2) is 6.63. The number of rotatable bonds is 3. The minimum Gasteiger partial charge on any atom is -0.472 e. The Labute approximate surface area is 164 Å². The van der Waals surface area contributed by atoms with Gasteiger partial charge in [-0.05, 0) is 44.1 Å². The lowest BCUT2D eigenvalue weighted by Gasteiger charge is -2.45. The normalized spacial score (nSPS) is 19.2. The van der Waals surface area contributed by atoms with Crippen LogP contribution in [0.15, 0.2) is 59.5 Å². The highest BCUT2D eigenvalue weighted by Gasteiger charge is 2.46. The Bertz CT molecular complexity index is 969. The van der Waals surface area contributed by atoms with Crippen molar-refractivity contribution in [3.8, 4) is 5.69 Å². The number of amides is 1. The third-order valence-electron chi connectivity index (χ3n) is 6.15. The van der Waals surface area contributed by atoms with E-state index in [9.17, 15) is 4.79 Å². The standard InChI is InChI=1S/C22H24N4O2/c1-24-16-22(8-10-25(11-9-22)13-17-7-12-28-15-17)20-19(21(24)27)14-26(23-20)18-5-3-2-4-6-18/h2-7,12,14-15H,8-11,13,16H2,1H3. The van der Waals surface area contributed by atoms with E-state index < -0.39 is 0 Å². The van der Waals surface area contributed by atoms with Gasteiger partial charge in [0.2, 0.25) is 0 Å². The third-order valence-corrected chi connectivity index (χ3v) is 6.15. The first-order valence-electron chi connectivity index (χ1n) is 9.79. The number of carbonyl (C=O) groups is 1. The van der Waals surface area contributed by atoms with Crippen molar-refractivity contribution in [3.05, 3.63) is 71.9 Å². The summed E-state index contributed by atoms with van der Waals surface area (Å²) in [5.74, 6) is 0.0728. The number of hydrogen-bond acceptors (Lipinski definition) is 4. The number of likely N-dealkylation sites (tertiary alicyclic amines) is 1. The van der Waals surface area contributed by atoms with Crippen LogP contribution >= 0.6 is 0 Å². The van der Waals surface area contributed by atoms with E-state index in [1.165, 1.54) is 5.56 Å². The number of likely N-dealkylation sites (N-methyl/N-ethyl adjacent to an activating group) is 1. The lowest BCUT2D eigenvalue weighted by atomic mass is 9.72. The van der Waals surface area contributed by atoms with Crippen molar-refractivity contribution >= 4 is 5.91 Å². The first kappa shape index (κ1) is 17.3. The molecule has 0 bridgehead atoms. The van der Waals surface area contributed by atoms with Gasteiger partial charge >= 0.3 is 0 Å². The van der Waals surface area contributed by atoms with Gasteiger partial charge < -0.3 is 9.32 Å². The van der Waals surface area contributed by atoms with E-state index in [1.807, 2.05) is 65.5 Å². The molecule has 144 valence electrons. The average Bonchev–Trinajstić information content (AvgIpc) is 3.39. The van der Waals surface area contributed by atoms with E-state index in [0.29, 0.717) is 0 Å². The van der Waals surface area contributed by atoms with Gasteiger partial charge in [-0.2, -0.15) is 5.10 Å². The van der Waals surface area contributed by atoms with Gasteiger partial charge in [-0.25, -0.2) is 4.68 Å². The maximum atomic E-state index is 12.8. The highest BCUT2D eigenvalue weighted by atomic mass is 16.3. The van der Waals surface area contributed by atoms with Crippen LogP contribution in [0.4, 0.5) is 0 Å². The van der Waals surface area contributed by atoms with Crippen molar-refractivity contribution in [3.63, 3.8) is 0 Å². The molecular formula is C22H24N4O2. The van der Waals surface area contributed by atoms with E-state index in [1.54, 1.807) is 6.26 Å². The molecule has 28 heavy (non-hydrogen) atoms. The molecule has 0 N–H and O–H groups in total. The van der Waals surface area contributed by atoms with E-state index in [4.69, 9.17) is 9.52 Å². The van der Waals surface area contributed by atoms with Crippen LogP contribution < -0.4 is 0 Å². The Kier molecular flexibility index (Phi) is 4.09. The predicted octanol–water partition coefficient (Wildman–Crippen LogP) is 3.08. The second-order valence-corrected chi connectivity index (χ2v) is 8.02. The molecule has 6 heteroatoms. The van der Waals surface area contributed by atoms with Gasteiger partial charge in [-0.15, -0.1) is 0 Å². The SMILES string of the molecule is CN1CC2(CCN(Cc3ccoc3)CC2)c2nn(-c3ccccc3)cc2C1=O. The number of benzene rings is 1. The first-order chi connectivity index (χ1) is 13.6. The van der Waals surface area contributed by atoms with E-state index >= 15 is 0 Å². The van der Waals surface area contributed by atoms with Crippen LogP contribution in [0.2, 0.25) is 0 Å².